The molecule has 0 fully saturated rings. The minimum Gasteiger partial charge on any atom is -0.281 e. The van der Waals surface area contributed by atoms with Gasteiger partial charge in [-0.2, -0.15) is 0 Å². The Labute approximate surface area is 147 Å². The molecule has 0 spiro atoms. The molecule has 3 aromatic rings. The molecule has 0 N–H and O–H groups in total. The molecule has 0 saturated carbocycles. The number of carbonyl (C=O) groups excluding carboxylic acids is 1. The number of fused-ring (bicyclic) bond motifs is 1. The SMILES string of the molecule is Cc1nc2ccccc2c(-c2ccccc2)c1C(=O)SC(C)(C)C. The highest BCUT2D eigenvalue weighted by atomic mass is 32.2. The van der Waals surface area contributed by atoms with Crippen molar-refractivity contribution in [1.82, 2.24) is 4.98 Å². The lowest BCUT2D eigenvalue weighted by Crippen LogP contribution is -2.14. The number of aromatic nitrogens is 1. The lowest BCUT2D eigenvalue weighted by molar-refractivity contribution is 0.108. The smallest absolute Gasteiger partial charge is 0.222 e. The van der Waals surface area contributed by atoms with Gasteiger partial charge >= 0.3 is 0 Å². The van der Waals surface area contributed by atoms with Crippen LogP contribution in [0.2, 0.25) is 0 Å². The fourth-order valence-corrected chi connectivity index (χ4v) is 3.73. The standard InChI is InChI=1S/C21H21NOS/c1-14-18(20(23)24-21(2,3)4)19(15-10-6-5-7-11-15)16-12-8-9-13-17(16)22-14/h5-13H,1-4H3. The number of rotatable bonds is 2. The molecule has 3 heteroatoms. The van der Waals surface area contributed by atoms with Crippen molar-refractivity contribution in [3.8, 4) is 11.1 Å². The zero-order valence-electron chi connectivity index (χ0n) is 14.5. The van der Waals surface area contributed by atoms with Crippen molar-refractivity contribution in [3.63, 3.8) is 0 Å². The normalized spacial score (nSPS) is 11.7. The summed E-state index contributed by atoms with van der Waals surface area (Å²) >= 11 is 1.36. The third-order valence-corrected chi connectivity index (χ3v) is 4.74. The van der Waals surface area contributed by atoms with Gasteiger partial charge in [0.05, 0.1) is 16.8 Å². The fraction of sp³-hybridized carbons (Fsp3) is 0.238. The van der Waals surface area contributed by atoms with Crippen LogP contribution in [-0.2, 0) is 0 Å². The molecular formula is C21H21NOS. The van der Waals surface area contributed by atoms with Crippen LogP contribution in [0.3, 0.4) is 0 Å². The Hall–Kier alpha value is -2.13. The van der Waals surface area contributed by atoms with Crippen molar-refractivity contribution < 1.29 is 4.79 Å². The van der Waals surface area contributed by atoms with Gasteiger partial charge in [0, 0.05) is 15.7 Å². The van der Waals surface area contributed by atoms with E-state index in [-0.39, 0.29) is 9.86 Å². The van der Waals surface area contributed by atoms with Gasteiger partial charge in [-0.05, 0) is 18.6 Å². The molecule has 0 aliphatic carbocycles. The van der Waals surface area contributed by atoms with Crippen molar-refractivity contribution in [1.29, 1.82) is 0 Å². The maximum atomic E-state index is 13.0. The average molecular weight is 335 g/mol. The van der Waals surface area contributed by atoms with Crippen LogP contribution in [0.4, 0.5) is 0 Å². The Bertz CT molecular complexity index is 895. The largest absolute Gasteiger partial charge is 0.281 e. The highest BCUT2D eigenvalue weighted by molar-refractivity contribution is 8.15. The van der Waals surface area contributed by atoms with Gasteiger partial charge in [0.25, 0.3) is 0 Å². The molecular weight excluding hydrogens is 314 g/mol. The number of carbonyl (C=O) groups is 1. The summed E-state index contributed by atoms with van der Waals surface area (Å²) in [4.78, 5) is 17.7. The summed E-state index contributed by atoms with van der Waals surface area (Å²) in [6, 6.07) is 18.1. The third-order valence-electron chi connectivity index (χ3n) is 3.74. The third kappa shape index (κ3) is 3.36. The Morgan fingerprint density at radius 3 is 2.25 bits per heavy atom. The first kappa shape index (κ1) is 16.7. The second kappa shape index (κ2) is 6.40. The molecule has 122 valence electrons. The first-order valence-electron chi connectivity index (χ1n) is 8.05. The van der Waals surface area contributed by atoms with Crippen molar-refractivity contribution in [2.75, 3.05) is 0 Å². The molecule has 2 nitrogen and oxygen atoms in total. The van der Waals surface area contributed by atoms with Crippen LogP contribution in [0, 0.1) is 6.92 Å². The predicted octanol–water partition coefficient (Wildman–Crippen LogP) is 5.88. The Morgan fingerprint density at radius 2 is 1.58 bits per heavy atom. The molecule has 24 heavy (non-hydrogen) atoms. The number of nitrogens with zero attached hydrogens (tertiary/aromatic N) is 1. The number of thioether (sulfide) groups is 1. The van der Waals surface area contributed by atoms with E-state index in [0.717, 1.165) is 33.3 Å². The van der Waals surface area contributed by atoms with Gasteiger partial charge in [-0.1, -0.05) is 81.1 Å². The molecule has 0 unspecified atom stereocenters. The maximum absolute atomic E-state index is 13.0. The summed E-state index contributed by atoms with van der Waals surface area (Å²) in [5, 5.41) is 1.10. The van der Waals surface area contributed by atoms with Gasteiger partial charge in [-0.3, -0.25) is 9.78 Å². The fourth-order valence-electron chi connectivity index (χ4n) is 2.82. The Balaban J connectivity index is 2.32. The summed E-state index contributed by atoms with van der Waals surface area (Å²) in [6.07, 6.45) is 0. The lowest BCUT2D eigenvalue weighted by atomic mass is 9.95. The van der Waals surface area contributed by atoms with Crippen molar-refractivity contribution in [3.05, 3.63) is 65.9 Å². The molecule has 0 saturated heterocycles. The Kier molecular flexibility index (Phi) is 4.46. The van der Waals surface area contributed by atoms with Gasteiger partial charge in [0.1, 0.15) is 0 Å². The van der Waals surface area contributed by atoms with Crippen molar-refractivity contribution in [2.24, 2.45) is 0 Å². The maximum Gasteiger partial charge on any atom is 0.222 e. The molecule has 0 atom stereocenters. The lowest BCUT2D eigenvalue weighted by Gasteiger charge is -2.19. The van der Waals surface area contributed by atoms with E-state index in [4.69, 9.17) is 0 Å². The number of hydrogen-bond acceptors (Lipinski definition) is 3. The van der Waals surface area contributed by atoms with E-state index in [9.17, 15) is 4.79 Å². The molecule has 0 aliphatic rings. The Morgan fingerprint density at radius 1 is 0.958 bits per heavy atom. The minimum atomic E-state index is -0.136. The summed E-state index contributed by atoms with van der Waals surface area (Å²) in [5.74, 6) is 0. The first-order valence-corrected chi connectivity index (χ1v) is 8.86. The molecule has 2 aromatic carbocycles. The van der Waals surface area contributed by atoms with Crippen molar-refractivity contribution >= 4 is 27.8 Å². The van der Waals surface area contributed by atoms with Gasteiger partial charge in [-0.25, -0.2) is 0 Å². The molecule has 0 aliphatic heterocycles. The van der Waals surface area contributed by atoms with E-state index in [1.165, 1.54) is 11.8 Å². The molecule has 0 bridgehead atoms. The van der Waals surface area contributed by atoms with E-state index < -0.39 is 0 Å². The molecule has 1 heterocycles. The zero-order chi connectivity index (χ0) is 17.3. The monoisotopic (exact) mass is 335 g/mol. The van der Waals surface area contributed by atoms with E-state index in [1.807, 2.05) is 49.4 Å². The number of para-hydroxylation sites is 1. The van der Waals surface area contributed by atoms with E-state index in [1.54, 1.807) is 0 Å². The highest BCUT2D eigenvalue weighted by Gasteiger charge is 2.24. The number of hydrogen-bond donors (Lipinski definition) is 0. The predicted molar refractivity (Wildman–Crippen MR) is 104 cm³/mol. The van der Waals surface area contributed by atoms with Crippen LogP contribution in [0.25, 0.3) is 22.0 Å². The molecule has 1 aromatic heterocycles. The number of pyridine rings is 1. The van der Waals surface area contributed by atoms with Crippen LogP contribution >= 0.6 is 11.8 Å². The van der Waals surface area contributed by atoms with Gasteiger partial charge in [0.2, 0.25) is 5.12 Å². The quantitative estimate of drug-likeness (QED) is 0.585. The first-order chi connectivity index (χ1) is 11.4. The van der Waals surface area contributed by atoms with E-state index in [2.05, 4.69) is 37.9 Å². The summed E-state index contributed by atoms with van der Waals surface area (Å²) in [7, 11) is 0. The minimum absolute atomic E-state index is 0.0807. The van der Waals surface area contributed by atoms with Gasteiger partial charge in [0.15, 0.2) is 0 Å². The van der Waals surface area contributed by atoms with Crippen LogP contribution in [0.5, 0.6) is 0 Å². The van der Waals surface area contributed by atoms with Gasteiger partial charge < -0.3 is 0 Å². The summed E-state index contributed by atoms with van der Waals surface area (Å²) < 4.78 is -0.136. The second-order valence-electron chi connectivity index (χ2n) is 6.83. The van der Waals surface area contributed by atoms with Crippen LogP contribution in [-0.4, -0.2) is 14.8 Å². The molecule has 0 amide bonds. The second-order valence-corrected chi connectivity index (χ2v) is 8.63. The van der Waals surface area contributed by atoms with Crippen LogP contribution in [0.1, 0.15) is 36.8 Å². The van der Waals surface area contributed by atoms with Crippen LogP contribution < -0.4 is 0 Å². The number of aryl methyl sites for hydroxylation is 1. The van der Waals surface area contributed by atoms with E-state index >= 15 is 0 Å². The van der Waals surface area contributed by atoms with E-state index in [0.29, 0.717) is 0 Å². The summed E-state index contributed by atoms with van der Waals surface area (Å²) in [6.45, 7) is 8.10. The molecule has 0 radical (unpaired) electrons. The average Bonchev–Trinajstić information content (AvgIpc) is 2.52. The topological polar surface area (TPSA) is 30.0 Å². The highest BCUT2D eigenvalue weighted by Crippen LogP contribution is 2.37. The van der Waals surface area contributed by atoms with Crippen molar-refractivity contribution in [2.45, 2.75) is 32.4 Å². The number of benzene rings is 2. The zero-order valence-corrected chi connectivity index (χ0v) is 15.3. The van der Waals surface area contributed by atoms with Crippen LogP contribution in [0.15, 0.2) is 54.6 Å². The molecule has 3 rings (SSSR count). The van der Waals surface area contributed by atoms with Gasteiger partial charge in [-0.15, -0.1) is 0 Å². The summed E-state index contributed by atoms with van der Waals surface area (Å²) in [5.41, 5.74) is 4.47.